The largest absolute Gasteiger partial charge is 0.459 e. The van der Waals surface area contributed by atoms with Gasteiger partial charge in [-0.3, -0.25) is 4.79 Å². The van der Waals surface area contributed by atoms with E-state index in [-0.39, 0.29) is 11.5 Å². The maximum atomic E-state index is 12.0. The number of carbonyl (C=O) groups is 1. The second-order valence-corrected chi connectivity index (χ2v) is 7.10. The average Bonchev–Trinajstić information content (AvgIpc) is 2.73. The summed E-state index contributed by atoms with van der Waals surface area (Å²) >= 11 is 0. The molecular weight excluding hydrogens is 256 g/mol. The number of nitrogens with two attached hydrogens (primary N) is 1. The first kappa shape index (κ1) is 16.6. The van der Waals surface area contributed by atoms with Crippen molar-refractivity contribution in [3.05, 3.63) is 12.2 Å². The van der Waals surface area contributed by atoms with Crippen LogP contribution in [0.25, 0.3) is 0 Å². The van der Waals surface area contributed by atoms with E-state index in [9.17, 15) is 4.79 Å². The van der Waals surface area contributed by atoms with Crippen molar-refractivity contribution in [1.29, 1.82) is 0 Å². The van der Waals surface area contributed by atoms with Crippen molar-refractivity contribution in [2.45, 2.75) is 71.6 Å². The molecule has 0 saturated heterocycles. The summed E-state index contributed by atoms with van der Waals surface area (Å²) in [7, 11) is 0. The number of hydrogen-bond acceptors (Lipinski definition) is 5. The van der Waals surface area contributed by atoms with Crippen LogP contribution in [-0.2, 0) is 14.9 Å². The molecule has 2 N–H and O–H groups in total. The summed E-state index contributed by atoms with van der Waals surface area (Å²) in [5.41, 5.74) is 5.27. The van der Waals surface area contributed by atoms with Gasteiger partial charge in [0, 0.05) is 5.41 Å². The average molecular weight is 282 g/mol. The van der Waals surface area contributed by atoms with Crippen LogP contribution in [-0.4, -0.2) is 32.4 Å². The van der Waals surface area contributed by atoms with Gasteiger partial charge in [0.2, 0.25) is 0 Å². The molecule has 0 amide bonds. The third-order valence-corrected chi connectivity index (χ3v) is 2.80. The molecule has 1 aromatic heterocycles. The summed E-state index contributed by atoms with van der Waals surface area (Å²) in [6, 6.07) is -1.09. The lowest BCUT2D eigenvalue weighted by Gasteiger charge is -2.25. The van der Waals surface area contributed by atoms with Crippen LogP contribution in [0, 0.1) is 0 Å². The molecule has 2 unspecified atom stereocenters. The van der Waals surface area contributed by atoms with Gasteiger partial charge in [0.1, 0.15) is 18.0 Å². The van der Waals surface area contributed by atoms with Crippen molar-refractivity contribution >= 4 is 5.97 Å². The zero-order chi connectivity index (χ0) is 15.7. The Morgan fingerprint density at radius 1 is 1.30 bits per heavy atom. The van der Waals surface area contributed by atoms with E-state index in [4.69, 9.17) is 10.5 Å². The van der Waals surface area contributed by atoms with E-state index in [1.165, 1.54) is 0 Å². The zero-order valence-electron chi connectivity index (χ0n) is 13.5. The summed E-state index contributed by atoms with van der Waals surface area (Å²) in [6.07, 6.45) is 1.61. The monoisotopic (exact) mass is 282 g/mol. The predicted molar refractivity (Wildman–Crippen MR) is 77.3 cm³/mol. The zero-order valence-corrected chi connectivity index (χ0v) is 13.5. The minimum atomic E-state index is -0.774. The minimum absolute atomic E-state index is 0.138. The molecule has 1 aromatic rings. The van der Waals surface area contributed by atoms with Crippen molar-refractivity contribution in [3.63, 3.8) is 0 Å². The minimum Gasteiger partial charge on any atom is -0.459 e. The van der Waals surface area contributed by atoms with E-state index in [1.807, 2.05) is 48.5 Å². The molecule has 114 valence electrons. The summed E-state index contributed by atoms with van der Waals surface area (Å²) < 4.78 is 6.91. The summed E-state index contributed by atoms with van der Waals surface area (Å²) in [4.78, 5) is 16.2. The molecule has 0 aromatic carbocycles. The standard InChI is InChI=1S/C14H26N4O2/c1-9(10(15)11(19)20-14(5,6)7)18-8-16-12(17-18)13(2,3)4/h8-10H,15H2,1-7H3. The number of nitrogens with zero attached hydrogens (tertiary/aromatic N) is 3. The van der Waals surface area contributed by atoms with Gasteiger partial charge < -0.3 is 10.5 Å². The number of rotatable bonds is 3. The molecule has 0 saturated carbocycles. The van der Waals surface area contributed by atoms with Gasteiger partial charge in [-0.2, -0.15) is 5.10 Å². The van der Waals surface area contributed by atoms with E-state index in [2.05, 4.69) is 10.1 Å². The molecule has 0 bridgehead atoms. The fourth-order valence-corrected chi connectivity index (χ4v) is 1.55. The fourth-order valence-electron chi connectivity index (χ4n) is 1.55. The van der Waals surface area contributed by atoms with Gasteiger partial charge in [-0.05, 0) is 27.7 Å². The highest BCUT2D eigenvalue weighted by Crippen LogP contribution is 2.19. The van der Waals surface area contributed by atoms with Gasteiger partial charge >= 0.3 is 5.97 Å². The third-order valence-electron chi connectivity index (χ3n) is 2.80. The van der Waals surface area contributed by atoms with Gasteiger partial charge in [-0.15, -0.1) is 0 Å². The Morgan fingerprint density at radius 2 is 1.85 bits per heavy atom. The van der Waals surface area contributed by atoms with E-state index in [1.54, 1.807) is 11.0 Å². The molecule has 0 aliphatic carbocycles. The number of ether oxygens (including phenoxy) is 1. The Labute approximate surface area is 120 Å². The molecule has 1 heterocycles. The van der Waals surface area contributed by atoms with Gasteiger partial charge in [-0.1, -0.05) is 20.8 Å². The first-order valence-corrected chi connectivity index (χ1v) is 6.82. The number of hydrogen-bond donors (Lipinski definition) is 1. The Kier molecular flexibility index (Phi) is 4.59. The van der Waals surface area contributed by atoms with Crippen LogP contribution in [0.3, 0.4) is 0 Å². The highest BCUT2D eigenvalue weighted by molar-refractivity contribution is 5.76. The first-order valence-electron chi connectivity index (χ1n) is 6.82. The van der Waals surface area contributed by atoms with Crippen LogP contribution in [0.1, 0.15) is 60.3 Å². The lowest BCUT2D eigenvalue weighted by atomic mass is 9.96. The topological polar surface area (TPSA) is 83.0 Å². The molecule has 2 atom stereocenters. The lowest BCUT2D eigenvalue weighted by molar-refractivity contribution is -0.157. The number of aromatic nitrogens is 3. The second-order valence-electron chi connectivity index (χ2n) is 7.10. The van der Waals surface area contributed by atoms with Gasteiger partial charge in [0.25, 0.3) is 0 Å². The van der Waals surface area contributed by atoms with Crippen molar-refractivity contribution in [1.82, 2.24) is 14.8 Å². The number of carbonyl (C=O) groups excluding carboxylic acids is 1. The van der Waals surface area contributed by atoms with E-state index in [0.29, 0.717) is 0 Å². The van der Waals surface area contributed by atoms with Gasteiger partial charge in [0.05, 0.1) is 6.04 Å². The summed E-state index contributed by atoms with van der Waals surface area (Å²) in [6.45, 7) is 13.4. The van der Waals surface area contributed by atoms with Crippen molar-refractivity contribution in [2.24, 2.45) is 5.73 Å². The smallest absolute Gasteiger partial charge is 0.325 e. The van der Waals surface area contributed by atoms with Crippen molar-refractivity contribution < 1.29 is 9.53 Å². The highest BCUT2D eigenvalue weighted by Gasteiger charge is 2.29. The molecule has 0 spiro atoms. The van der Waals surface area contributed by atoms with Crippen LogP contribution in [0.15, 0.2) is 6.33 Å². The Balaban J connectivity index is 2.82. The maximum Gasteiger partial charge on any atom is 0.325 e. The first-order chi connectivity index (χ1) is 8.92. The van der Waals surface area contributed by atoms with E-state index >= 15 is 0 Å². The van der Waals surface area contributed by atoms with Crippen LogP contribution in [0.5, 0.6) is 0 Å². The molecule has 6 heteroatoms. The quantitative estimate of drug-likeness (QED) is 0.855. The molecule has 1 rings (SSSR count). The molecule has 0 fully saturated rings. The van der Waals surface area contributed by atoms with Gasteiger partial charge in [0.15, 0.2) is 5.82 Å². The summed E-state index contributed by atoms with van der Waals surface area (Å²) in [5.74, 6) is 0.290. The molecule has 0 radical (unpaired) electrons. The van der Waals surface area contributed by atoms with Crippen molar-refractivity contribution in [3.8, 4) is 0 Å². The Hall–Kier alpha value is -1.43. The fraction of sp³-hybridized carbons (Fsp3) is 0.786. The lowest BCUT2D eigenvalue weighted by Crippen LogP contribution is -2.42. The molecular formula is C14H26N4O2. The van der Waals surface area contributed by atoms with Crippen LogP contribution < -0.4 is 5.73 Å². The Morgan fingerprint density at radius 3 is 2.25 bits per heavy atom. The summed E-state index contributed by atoms with van der Waals surface area (Å²) in [5, 5.41) is 4.40. The van der Waals surface area contributed by atoms with Crippen molar-refractivity contribution in [2.75, 3.05) is 0 Å². The van der Waals surface area contributed by atoms with Crippen LogP contribution >= 0.6 is 0 Å². The number of esters is 1. The Bertz CT molecular complexity index is 468. The second kappa shape index (κ2) is 5.52. The molecule has 0 aliphatic rings. The molecule has 6 nitrogen and oxygen atoms in total. The normalized spacial score (nSPS) is 15.8. The molecule has 20 heavy (non-hydrogen) atoms. The van der Waals surface area contributed by atoms with Gasteiger partial charge in [-0.25, -0.2) is 9.67 Å². The van der Waals surface area contributed by atoms with E-state index in [0.717, 1.165) is 5.82 Å². The highest BCUT2D eigenvalue weighted by atomic mass is 16.6. The van der Waals surface area contributed by atoms with Crippen LogP contribution in [0.2, 0.25) is 0 Å². The van der Waals surface area contributed by atoms with E-state index < -0.39 is 17.6 Å². The predicted octanol–water partition coefficient (Wildman–Crippen LogP) is 1.81. The third kappa shape index (κ3) is 4.30. The maximum absolute atomic E-state index is 12.0. The molecule has 0 aliphatic heterocycles. The SMILES string of the molecule is CC(C(N)C(=O)OC(C)(C)C)n1cnc(C(C)(C)C)n1. The van der Waals surface area contributed by atoms with Crippen LogP contribution in [0.4, 0.5) is 0 Å².